The predicted molar refractivity (Wildman–Crippen MR) is 71.8 cm³/mol. The number of carbonyl (C=O) groups is 1. The number of rotatable bonds is 2. The van der Waals surface area contributed by atoms with Gasteiger partial charge in [-0.3, -0.25) is 4.79 Å². The smallest absolute Gasteiger partial charge is 0.188 e. The van der Waals surface area contributed by atoms with E-state index in [-0.39, 0.29) is 5.78 Å². The highest BCUT2D eigenvalue weighted by Crippen LogP contribution is 2.27. The van der Waals surface area contributed by atoms with Crippen LogP contribution in [0.5, 0.6) is 0 Å². The topological polar surface area (TPSA) is 30.0 Å². The third kappa shape index (κ3) is 2.29. The molecular weight excluding hydrogens is 230 g/mol. The maximum absolute atomic E-state index is 11.2. The second-order valence-corrected chi connectivity index (χ2v) is 5.20. The highest BCUT2D eigenvalue weighted by atomic mass is 32.1. The van der Waals surface area contributed by atoms with Gasteiger partial charge in [0.2, 0.25) is 0 Å². The number of thiazole rings is 1. The first kappa shape index (κ1) is 12.0. The summed E-state index contributed by atoms with van der Waals surface area (Å²) in [6.45, 7) is 7.83. The van der Waals surface area contributed by atoms with E-state index in [0.717, 1.165) is 11.3 Å². The molecule has 0 unspecified atom stereocenters. The van der Waals surface area contributed by atoms with E-state index in [2.05, 4.69) is 37.9 Å². The van der Waals surface area contributed by atoms with Gasteiger partial charge in [0.15, 0.2) is 10.8 Å². The Morgan fingerprint density at radius 2 is 1.76 bits per heavy atom. The first-order valence-electron chi connectivity index (χ1n) is 5.53. The van der Waals surface area contributed by atoms with Crippen LogP contribution >= 0.6 is 11.3 Å². The minimum atomic E-state index is 0.0303. The van der Waals surface area contributed by atoms with E-state index < -0.39 is 0 Å². The summed E-state index contributed by atoms with van der Waals surface area (Å²) in [5, 5.41) is 2.53. The molecular formula is C14H15NOS. The van der Waals surface area contributed by atoms with Gasteiger partial charge in [-0.15, -0.1) is 11.3 Å². The van der Waals surface area contributed by atoms with E-state index >= 15 is 0 Å². The van der Waals surface area contributed by atoms with Crippen molar-refractivity contribution in [3.8, 4) is 11.3 Å². The van der Waals surface area contributed by atoms with Gasteiger partial charge in [-0.1, -0.05) is 6.07 Å². The minimum absolute atomic E-state index is 0.0303. The number of nitrogens with zero attached hydrogens (tertiary/aromatic N) is 1. The van der Waals surface area contributed by atoms with Crippen molar-refractivity contribution in [1.82, 2.24) is 4.98 Å². The van der Waals surface area contributed by atoms with Crippen LogP contribution in [0, 0.1) is 20.8 Å². The summed E-state index contributed by atoms with van der Waals surface area (Å²) >= 11 is 1.41. The minimum Gasteiger partial charge on any atom is -0.292 e. The highest BCUT2D eigenvalue weighted by molar-refractivity contribution is 7.12. The number of Topliss-reactive ketones (excluding diaryl/α,β-unsaturated/α-hetero) is 1. The van der Waals surface area contributed by atoms with E-state index in [9.17, 15) is 4.79 Å². The summed E-state index contributed by atoms with van der Waals surface area (Å²) < 4.78 is 0. The zero-order chi connectivity index (χ0) is 12.6. The molecule has 0 aliphatic heterocycles. The maximum Gasteiger partial charge on any atom is 0.188 e. The average molecular weight is 245 g/mol. The standard InChI is InChI=1S/C14H15NOS/c1-8-5-10(3)12(6-9(8)2)13-7-17-14(15-13)11(4)16/h5-7H,1-4H3. The lowest BCUT2D eigenvalue weighted by Crippen LogP contribution is -1.92. The van der Waals surface area contributed by atoms with E-state index in [4.69, 9.17) is 0 Å². The van der Waals surface area contributed by atoms with Gasteiger partial charge in [0.05, 0.1) is 5.69 Å². The highest BCUT2D eigenvalue weighted by Gasteiger charge is 2.10. The molecule has 0 N–H and O–H groups in total. The summed E-state index contributed by atoms with van der Waals surface area (Å²) in [5.74, 6) is 0.0303. The Balaban J connectivity index is 2.52. The molecule has 0 saturated heterocycles. The Hall–Kier alpha value is -1.48. The molecule has 0 aliphatic carbocycles. The second kappa shape index (κ2) is 4.41. The molecule has 3 heteroatoms. The second-order valence-electron chi connectivity index (χ2n) is 4.35. The van der Waals surface area contributed by atoms with Crippen LogP contribution < -0.4 is 0 Å². The third-order valence-electron chi connectivity index (χ3n) is 2.92. The van der Waals surface area contributed by atoms with E-state index in [1.54, 1.807) is 6.92 Å². The number of aromatic nitrogens is 1. The fourth-order valence-electron chi connectivity index (χ4n) is 1.80. The zero-order valence-electron chi connectivity index (χ0n) is 10.5. The Kier molecular flexibility index (Phi) is 3.11. The van der Waals surface area contributed by atoms with Crippen LogP contribution in [0.15, 0.2) is 17.5 Å². The first-order valence-corrected chi connectivity index (χ1v) is 6.41. The van der Waals surface area contributed by atoms with Gasteiger partial charge in [0.25, 0.3) is 0 Å². The third-order valence-corrected chi connectivity index (χ3v) is 3.87. The lowest BCUT2D eigenvalue weighted by atomic mass is 9.99. The summed E-state index contributed by atoms with van der Waals surface area (Å²) in [4.78, 5) is 15.6. The van der Waals surface area contributed by atoms with Gasteiger partial charge < -0.3 is 0 Å². The molecule has 0 spiro atoms. The lowest BCUT2D eigenvalue weighted by Gasteiger charge is -2.07. The molecule has 0 saturated carbocycles. The molecule has 88 valence electrons. The van der Waals surface area contributed by atoms with Gasteiger partial charge in [0.1, 0.15) is 0 Å². The van der Waals surface area contributed by atoms with Crippen molar-refractivity contribution in [1.29, 1.82) is 0 Å². The van der Waals surface area contributed by atoms with Crippen LogP contribution in [0.1, 0.15) is 33.4 Å². The van der Waals surface area contributed by atoms with Crippen molar-refractivity contribution < 1.29 is 4.79 Å². The van der Waals surface area contributed by atoms with Gasteiger partial charge in [0, 0.05) is 17.9 Å². The fraction of sp³-hybridized carbons (Fsp3) is 0.286. The number of carbonyl (C=O) groups excluding carboxylic acids is 1. The SMILES string of the molecule is CC(=O)c1nc(-c2cc(C)c(C)cc2C)cs1. The molecule has 2 rings (SSSR count). The van der Waals surface area contributed by atoms with Crippen molar-refractivity contribution in [3.05, 3.63) is 39.2 Å². The predicted octanol–water partition coefficient (Wildman–Crippen LogP) is 3.94. The molecule has 0 aliphatic rings. The van der Waals surface area contributed by atoms with E-state index in [1.807, 2.05) is 5.38 Å². The normalized spacial score (nSPS) is 10.6. The van der Waals surface area contributed by atoms with Crippen LogP contribution in [-0.4, -0.2) is 10.8 Å². The van der Waals surface area contributed by atoms with E-state index in [1.165, 1.54) is 28.0 Å². The van der Waals surface area contributed by atoms with Crippen molar-refractivity contribution in [2.75, 3.05) is 0 Å². The van der Waals surface area contributed by atoms with Crippen LogP contribution in [0.25, 0.3) is 11.3 Å². The van der Waals surface area contributed by atoms with E-state index in [0.29, 0.717) is 5.01 Å². The van der Waals surface area contributed by atoms with Crippen LogP contribution in [0.3, 0.4) is 0 Å². The summed E-state index contributed by atoms with van der Waals surface area (Å²) in [7, 11) is 0. The average Bonchev–Trinajstić information content (AvgIpc) is 2.72. The fourth-order valence-corrected chi connectivity index (χ4v) is 2.52. The van der Waals surface area contributed by atoms with Crippen molar-refractivity contribution >= 4 is 17.1 Å². The maximum atomic E-state index is 11.2. The Bertz CT molecular complexity index is 584. The molecule has 1 aromatic heterocycles. The number of ketones is 1. The van der Waals surface area contributed by atoms with Crippen LogP contribution in [0.4, 0.5) is 0 Å². The van der Waals surface area contributed by atoms with Gasteiger partial charge in [-0.25, -0.2) is 4.98 Å². The molecule has 0 bridgehead atoms. The lowest BCUT2D eigenvalue weighted by molar-refractivity contribution is 0.101. The summed E-state index contributed by atoms with van der Waals surface area (Å²) in [6.07, 6.45) is 0. The summed E-state index contributed by atoms with van der Waals surface area (Å²) in [6, 6.07) is 4.31. The quantitative estimate of drug-likeness (QED) is 0.750. The largest absolute Gasteiger partial charge is 0.292 e. The van der Waals surface area contributed by atoms with Crippen molar-refractivity contribution in [3.63, 3.8) is 0 Å². The number of hydrogen-bond acceptors (Lipinski definition) is 3. The molecule has 17 heavy (non-hydrogen) atoms. The summed E-state index contributed by atoms with van der Waals surface area (Å²) in [5.41, 5.74) is 5.77. The van der Waals surface area contributed by atoms with Gasteiger partial charge in [-0.05, 0) is 43.5 Å². The number of benzene rings is 1. The molecule has 0 amide bonds. The molecule has 2 aromatic rings. The monoisotopic (exact) mass is 245 g/mol. The number of aryl methyl sites for hydroxylation is 3. The molecule has 1 aromatic carbocycles. The Labute approximate surface area is 105 Å². The van der Waals surface area contributed by atoms with Gasteiger partial charge >= 0.3 is 0 Å². The molecule has 0 fully saturated rings. The molecule has 0 radical (unpaired) electrons. The van der Waals surface area contributed by atoms with Crippen LogP contribution in [0.2, 0.25) is 0 Å². The van der Waals surface area contributed by atoms with Crippen LogP contribution in [-0.2, 0) is 0 Å². The molecule has 1 heterocycles. The molecule has 0 atom stereocenters. The van der Waals surface area contributed by atoms with Crippen molar-refractivity contribution in [2.45, 2.75) is 27.7 Å². The molecule has 2 nitrogen and oxygen atoms in total. The zero-order valence-corrected chi connectivity index (χ0v) is 11.3. The Morgan fingerprint density at radius 3 is 2.35 bits per heavy atom. The Morgan fingerprint density at radius 1 is 1.12 bits per heavy atom. The first-order chi connectivity index (χ1) is 7.99. The number of hydrogen-bond donors (Lipinski definition) is 0. The van der Waals surface area contributed by atoms with Crippen molar-refractivity contribution in [2.24, 2.45) is 0 Å². The van der Waals surface area contributed by atoms with Gasteiger partial charge in [-0.2, -0.15) is 0 Å².